The highest BCUT2D eigenvalue weighted by Crippen LogP contribution is 2.19. The van der Waals surface area contributed by atoms with Gasteiger partial charge in [-0.2, -0.15) is 0 Å². The Hall–Kier alpha value is -1.82. The third-order valence-corrected chi connectivity index (χ3v) is 3.42. The average molecular weight is 369 g/mol. The second-order valence-electron chi connectivity index (χ2n) is 4.52. The molecule has 2 aromatic carbocycles. The van der Waals surface area contributed by atoms with E-state index in [2.05, 4.69) is 10.6 Å². The molecule has 2 rings (SSSR count). The Bertz CT molecular complexity index is 700. The number of thiocarbonyl (C=S) groups is 1. The largest absolute Gasteiger partial charge is 0.494 e. The molecule has 2 aromatic rings. The summed E-state index contributed by atoms with van der Waals surface area (Å²) in [6.45, 7) is 2.52. The van der Waals surface area contributed by atoms with Crippen molar-refractivity contribution in [3.63, 3.8) is 0 Å². The Morgan fingerprint density at radius 2 is 1.74 bits per heavy atom. The fraction of sp³-hybridized carbons (Fsp3) is 0.125. The van der Waals surface area contributed by atoms with Crippen molar-refractivity contribution in [1.29, 1.82) is 0 Å². The van der Waals surface area contributed by atoms with E-state index in [1.54, 1.807) is 18.2 Å². The number of rotatable bonds is 4. The minimum absolute atomic E-state index is 0.176. The highest BCUT2D eigenvalue weighted by atomic mass is 35.5. The van der Waals surface area contributed by atoms with E-state index in [1.807, 2.05) is 19.1 Å². The number of amides is 1. The number of halogens is 2. The summed E-state index contributed by atoms with van der Waals surface area (Å²) >= 11 is 16.9. The van der Waals surface area contributed by atoms with Gasteiger partial charge in [0, 0.05) is 21.3 Å². The van der Waals surface area contributed by atoms with Gasteiger partial charge in [-0.25, -0.2) is 0 Å². The van der Waals surface area contributed by atoms with E-state index in [4.69, 9.17) is 40.2 Å². The topological polar surface area (TPSA) is 50.4 Å². The van der Waals surface area contributed by atoms with Gasteiger partial charge < -0.3 is 10.1 Å². The molecule has 1 amide bonds. The molecular weight excluding hydrogens is 355 g/mol. The van der Waals surface area contributed by atoms with Gasteiger partial charge in [-0.3, -0.25) is 10.1 Å². The molecule has 0 fully saturated rings. The van der Waals surface area contributed by atoms with Gasteiger partial charge in [-0.1, -0.05) is 23.2 Å². The fourth-order valence-electron chi connectivity index (χ4n) is 1.82. The summed E-state index contributed by atoms with van der Waals surface area (Å²) in [5, 5.41) is 6.43. The maximum atomic E-state index is 12.1. The lowest BCUT2D eigenvalue weighted by Gasteiger charge is -2.10. The predicted octanol–water partition coefficient (Wildman–Crippen LogP) is 4.52. The Morgan fingerprint density at radius 3 is 2.30 bits per heavy atom. The zero-order valence-corrected chi connectivity index (χ0v) is 14.6. The molecule has 0 heterocycles. The van der Waals surface area contributed by atoms with Crippen LogP contribution in [0.4, 0.5) is 5.69 Å². The van der Waals surface area contributed by atoms with Crippen LogP contribution < -0.4 is 15.4 Å². The van der Waals surface area contributed by atoms with E-state index in [0.717, 1.165) is 11.4 Å². The van der Waals surface area contributed by atoms with E-state index in [9.17, 15) is 4.79 Å². The van der Waals surface area contributed by atoms with Crippen molar-refractivity contribution in [2.24, 2.45) is 0 Å². The van der Waals surface area contributed by atoms with E-state index < -0.39 is 5.91 Å². The lowest BCUT2D eigenvalue weighted by molar-refractivity contribution is 0.0977. The molecule has 0 unspecified atom stereocenters. The van der Waals surface area contributed by atoms with Gasteiger partial charge in [0.1, 0.15) is 5.75 Å². The van der Waals surface area contributed by atoms with Crippen molar-refractivity contribution in [2.75, 3.05) is 11.9 Å². The van der Waals surface area contributed by atoms with Crippen molar-refractivity contribution < 1.29 is 9.53 Å². The Kier molecular flexibility index (Phi) is 6.21. The van der Waals surface area contributed by atoms with Crippen molar-refractivity contribution in [2.45, 2.75) is 6.92 Å². The molecule has 2 N–H and O–H groups in total. The zero-order chi connectivity index (χ0) is 16.8. The number of ether oxygens (including phenoxy) is 1. The second kappa shape index (κ2) is 8.15. The fourth-order valence-corrected chi connectivity index (χ4v) is 2.56. The highest BCUT2D eigenvalue weighted by Gasteiger charge is 2.10. The Balaban J connectivity index is 1.97. The first kappa shape index (κ1) is 17.5. The minimum atomic E-state index is -0.391. The molecule has 0 saturated heterocycles. The third-order valence-electron chi connectivity index (χ3n) is 2.77. The maximum Gasteiger partial charge on any atom is 0.257 e. The number of carbonyl (C=O) groups excluding carboxylic acids is 1. The van der Waals surface area contributed by atoms with Gasteiger partial charge in [0.2, 0.25) is 0 Å². The molecule has 0 bridgehead atoms. The molecule has 0 saturated carbocycles. The van der Waals surface area contributed by atoms with Crippen LogP contribution in [0.2, 0.25) is 10.0 Å². The van der Waals surface area contributed by atoms with Gasteiger partial charge in [0.25, 0.3) is 5.91 Å². The molecule has 0 atom stereocenters. The summed E-state index contributed by atoms with van der Waals surface area (Å²) < 4.78 is 5.36. The standard InChI is InChI=1S/C16H14Cl2N2O2S/c1-2-22-14-5-3-13(4-6-14)19-16(23)20-15(21)10-7-11(17)9-12(18)8-10/h3-9H,2H2,1H3,(H2,19,20,21,23). The second-order valence-corrected chi connectivity index (χ2v) is 5.80. The summed E-state index contributed by atoms with van der Waals surface area (Å²) in [6.07, 6.45) is 0. The number of carbonyl (C=O) groups is 1. The normalized spacial score (nSPS) is 10.0. The zero-order valence-electron chi connectivity index (χ0n) is 12.2. The average Bonchev–Trinajstić information content (AvgIpc) is 2.48. The molecule has 0 aliphatic carbocycles. The predicted molar refractivity (Wildman–Crippen MR) is 97.8 cm³/mol. The van der Waals surface area contributed by atoms with Crippen LogP contribution in [0.15, 0.2) is 42.5 Å². The monoisotopic (exact) mass is 368 g/mol. The van der Waals surface area contributed by atoms with Crippen molar-refractivity contribution >= 4 is 52.1 Å². The summed E-state index contributed by atoms with van der Waals surface area (Å²) in [7, 11) is 0. The third kappa shape index (κ3) is 5.39. The molecule has 23 heavy (non-hydrogen) atoms. The minimum Gasteiger partial charge on any atom is -0.494 e. The first-order valence-corrected chi connectivity index (χ1v) is 7.95. The van der Waals surface area contributed by atoms with Gasteiger partial charge in [-0.15, -0.1) is 0 Å². The summed E-state index contributed by atoms with van der Waals surface area (Å²) in [4.78, 5) is 12.1. The van der Waals surface area contributed by atoms with Crippen LogP contribution in [-0.2, 0) is 0 Å². The van der Waals surface area contributed by atoms with Gasteiger partial charge in [-0.05, 0) is 61.6 Å². The molecular formula is C16H14Cl2N2O2S. The summed E-state index contributed by atoms with van der Waals surface area (Å²) in [5.41, 5.74) is 1.07. The SMILES string of the molecule is CCOc1ccc(NC(=S)NC(=O)c2cc(Cl)cc(Cl)c2)cc1. The molecule has 0 spiro atoms. The molecule has 4 nitrogen and oxygen atoms in total. The molecule has 0 aliphatic rings. The van der Waals surface area contributed by atoms with Crippen molar-refractivity contribution in [3.8, 4) is 5.75 Å². The van der Waals surface area contributed by atoms with Crippen molar-refractivity contribution in [1.82, 2.24) is 5.32 Å². The molecule has 120 valence electrons. The summed E-state index contributed by atoms with van der Waals surface area (Å²) in [6, 6.07) is 11.8. The van der Waals surface area contributed by atoms with Crippen LogP contribution in [0, 0.1) is 0 Å². The highest BCUT2D eigenvalue weighted by molar-refractivity contribution is 7.80. The number of anilines is 1. The van der Waals surface area contributed by atoms with Crippen LogP contribution in [0.3, 0.4) is 0 Å². The number of nitrogens with one attached hydrogen (secondary N) is 2. The van der Waals surface area contributed by atoms with E-state index >= 15 is 0 Å². The van der Waals surface area contributed by atoms with Crippen LogP contribution in [0.25, 0.3) is 0 Å². The van der Waals surface area contributed by atoms with Crippen LogP contribution in [-0.4, -0.2) is 17.6 Å². The number of benzene rings is 2. The van der Waals surface area contributed by atoms with Crippen molar-refractivity contribution in [3.05, 3.63) is 58.1 Å². The first-order chi connectivity index (χ1) is 11.0. The van der Waals surface area contributed by atoms with Crippen LogP contribution in [0.5, 0.6) is 5.75 Å². The quantitative estimate of drug-likeness (QED) is 0.779. The number of hydrogen-bond acceptors (Lipinski definition) is 3. The Labute approximate surface area is 149 Å². The van der Waals surface area contributed by atoms with E-state index in [0.29, 0.717) is 22.2 Å². The smallest absolute Gasteiger partial charge is 0.257 e. The molecule has 7 heteroatoms. The van der Waals surface area contributed by atoms with E-state index in [1.165, 1.54) is 12.1 Å². The Morgan fingerprint density at radius 1 is 1.13 bits per heavy atom. The van der Waals surface area contributed by atoms with E-state index in [-0.39, 0.29) is 5.11 Å². The summed E-state index contributed by atoms with van der Waals surface area (Å²) in [5.74, 6) is 0.374. The number of hydrogen-bond donors (Lipinski definition) is 2. The lowest BCUT2D eigenvalue weighted by Crippen LogP contribution is -2.34. The first-order valence-electron chi connectivity index (χ1n) is 6.79. The maximum absolute atomic E-state index is 12.1. The molecule has 0 radical (unpaired) electrons. The molecule has 0 aromatic heterocycles. The van der Waals surface area contributed by atoms with Crippen LogP contribution >= 0.6 is 35.4 Å². The van der Waals surface area contributed by atoms with Gasteiger partial charge in [0.15, 0.2) is 5.11 Å². The molecule has 0 aliphatic heterocycles. The van der Waals surface area contributed by atoms with Crippen LogP contribution in [0.1, 0.15) is 17.3 Å². The van der Waals surface area contributed by atoms with Gasteiger partial charge in [0.05, 0.1) is 6.61 Å². The van der Waals surface area contributed by atoms with Gasteiger partial charge >= 0.3 is 0 Å². The lowest BCUT2D eigenvalue weighted by atomic mass is 10.2.